The summed E-state index contributed by atoms with van der Waals surface area (Å²) in [6.07, 6.45) is 2.35. The number of ether oxygens (including phenoxy) is 1. The Morgan fingerprint density at radius 3 is 2.70 bits per heavy atom. The summed E-state index contributed by atoms with van der Waals surface area (Å²) in [7, 11) is 0. The van der Waals surface area contributed by atoms with E-state index in [1.165, 1.54) is 0 Å². The van der Waals surface area contributed by atoms with E-state index in [0.29, 0.717) is 13.0 Å². The van der Waals surface area contributed by atoms with Gasteiger partial charge in [-0.2, -0.15) is 0 Å². The second-order valence-electron chi connectivity index (χ2n) is 2.96. The lowest BCUT2D eigenvalue weighted by Crippen LogP contribution is -2.18. The molecule has 0 spiro atoms. The predicted octanol–water partition coefficient (Wildman–Crippen LogP) is 0.431. The number of nitrogens with two attached hydrogens (primary N) is 1. The van der Waals surface area contributed by atoms with Crippen LogP contribution in [0.15, 0.2) is 0 Å². The Bertz CT molecular complexity index is 141. The van der Waals surface area contributed by atoms with E-state index in [4.69, 9.17) is 10.5 Å². The molecule has 2 N–H and O–H groups in total. The first-order valence-corrected chi connectivity index (χ1v) is 3.58. The zero-order valence-electron chi connectivity index (χ0n) is 6.22. The molecule has 0 aromatic rings. The Morgan fingerprint density at radius 2 is 2.30 bits per heavy atom. The van der Waals surface area contributed by atoms with Gasteiger partial charge >= 0.3 is 5.97 Å². The third kappa shape index (κ3) is 1.99. The van der Waals surface area contributed by atoms with Gasteiger partial charge in [-0.05, 0) is 19.8 Å². The van der Waals surface area contributed by atoms with Gasteiger partial charge in [0.25, 0.3) is 0 Å². The highest BCUT2D eigenvalue weighted by Gasteiger charge is 2.41. The Labute approximate surface area is 60.5 Å². The Hall–Kier alpha value is -0.570. The number of hydrogen-bond acceptors (Lipinski definition) is 3. The van der Waals surface area contributed by atoms with Crippen molar-refractivity contribution in [2.45, 2.75) is 31.8 Å². The molecule has 0 amide bonds. The minimum atomic E-state index is -0.164. The molecule has 0 bridgehead atoms. The SMILES string of the molecule is CC1(OC(=O)CCN)CC1. The Kier molecular flexibility index (Phi) is 1.94. The number of esters is 1. The van der Waals surface area contributed by atoms with Crippen LogP contribution in [0.3, 0.4) is 0 Å². The molecule has 0 heterocycles. The lowest BCUT2D eigenvalue weighted by atomic mass is 10.4. The van der Waals surface area contributed by atoms with Crippen molar-refractivity contribution >= 4 is 5.97 Å². The quantitative estimate of drug-likeness (QED) is 0.583. The van der Waals surface area contributed by atoms with Gasteiger partial charge in [-0.25, -0.2) is 0 Å². The molecule has 0 saturated heterocycles. The third-order valence-electron chi connectivity index (χ3n) is 1.66. The first kappa shape index (κ1) is 7.54. The summed E-state index contributed by atoms with van der Waals surface area (Å²) in [5, 5.41) is 0. The third-order valence-corrected chi connectivity index (χ3v) is 1.66. The van der Waals surface area contributed by atoms with E-state index < -0.39 is 0 Å². The standard InChI is InChI=1S/C7H13NO2/c1-7(3-4-7)10-6(9)2-5-8/h2-5,8H2,1H3. The summed E-state index contributed by atoms with van der Waals surface area (Å²) in [5.74, 6) is -0.164. The fourth-order valence-corrected chi connectivity index (χ4v) is 0.722. The van der Waals surface area contributed by atoms with Gasteiger partial charge < -0.3 is 10.5 Å². The van der Waals surface area contributed by atoms with Crippen molar-refractivity contribution in [2.75, 3.05) is 6.54 Å². The van der Waals surface area contributed by atoms with Crippen LogP contribution in [-0.2, 0) is 9.53 Å². The molecule has 0 atom stereocenters. The van der Waals surface area contributed by atoms with Crippen molar-refractivity contribution in [3.63, 3.8) is 0 Å². The van der Waals surface area contributed by atoms with Crippen molar-refractivity contribution in [1.29, 1.82) is 0 Å². The average Bonchev–Trinajstić information content (AvgIpc) is 2.48. The summed E-state index contributed by atoms with van der Waals surface area (Å²) >= 11 is 0. The Balaban J connectivity index is 2.18. The van der Waals surface area contributed by atoms with Gasteiger partial charge in [-0.15, -0.1) is 0 Å². The molecule has 0 aromatic carbocycles. The van der Waals surface area contributed by atoms with Gasteiger partial charge in [0.1, 0.15) is 5.60 Å². The number of rotatable bonds is 3. The van der Waals surface area contributed by atoms with Gasteiger partial charge in [-0.3, -0.25) is 4.79 Å². The molecule has 0 radical (unpaired) electrons. The van der Waals surface area contributed by atoms with Crippen LogP contribution in [0.2, 0.25) is 0 Å². The topological polar surface area (TPSA) is 52.3 Å². The van der Waals surface area contributed by atoms with Crippen molar-refractivity contribution in [3.8, 4) is 0 Å². The number of carbonyl (C=O) groups excluding carboxylic acids is 1. The van der Waals surface area contributed by atoms with Gasteiger partial charge in [0, 0.05) is 6.54 Å². The molecule has 1 saturated carbocycles. The molecule has 1 fully saturated rings. The molecular formula is C7H13NO2. The summed E-state index contributed by atoms with van der Waals surface area (Å²) in [4.78, 5) is 10.8. The maximum absolute atomic E-state index is 10.8. The first-order chi connectivity index (χ1) is 4.66. The van der Waals surface area contributed by atoms with Crippen LogP contribution in [-0.4, -0.2) is 18.1 Å². The molecule has 0 aliphatic heterocycles. The molecule has 0 aromatic heterocycles. The molecular weight excluding hydrogens is 130 g/mol. The van der Waals surface area contributed by atoms with Crippen molar-refractivity contribution in [1.82, 2.24) is 0 Å². The highest BCUT2D eigenvalue weighted by molar-refractivity contribution is 5.70. The molecule has 0 unspecified atom stereocenters. The van der Waals surface area contributed by atoms with Crippen molar-refractivity contribution < 1.29 is 9.53 Å². The largest absolute Gasteiger partial charge is 0.459 e. The molecule has 3 heteroatoms. The second kappa shape index (κ2) is 2.58. The molecule has 10 heavy (non-hydrogen) atoms. The minimum Gasteiger partial charge on any atom is -0.459 e. The summed E-state index contributed by atoms with van der Waals surface area (Å²) in [5.41, 5.74) is 5.04. The van der Waals surface area contributed by atoms with Gasteiger partial charge in [0.2, 0.25) is 0 Å². The zero-order chi connectivity index (χ0) is 7.61. The highest BCUT2D eigenvalue weighted by atomic mass is 16.6. The maximum atomic E-state index is 10.8. The first-order valence-electron chi connectivity index (χ1n) is 3.58. The van der Waals surface area contributed by atoms with E-state index in [-0.39, 0.29) is 11.6 Å². The summed E-state index contributed by atoms with van der Waals surface area (Å²) in [6.45, 7) is 2.33. The highest BCUT2D eigenvalue weighted by Crippen LogP contribution is 2.38. The normalized spacial score (nSPS) is 20.2. The summed E-state index contributed by atoms with van der Waals surface area (Å²) in [6, 6.07) is 0. The minimum absolute atomic E-state index is 0.133. The summed E-state index contributed by atoms with van der Waals surface area (Å²) < 4.78 is 5.07. The van der Waals surface area contributed by atoms with Crippen LogP contribution in [0, 0.1) is 0 Å². The van der Waals surface area contributed by atoms with Crippen LogP contribution in [0.1, 0.15) is 26.2 Å². The lowest BCUT2D eigenvalue weighted by molar-refractivity contribution is -0.149. The van der Waals surface area contributed by atoms with Crippen molar-refractivity contribution in [3.05, 3.63) is 0 Å². The lowest BCUT2D eigenvalue weighted by Gasteiger charge is -2.09. The second-order valence-corrected chi connectivity index (χ2v) is 2.96. The van der Waals surface area contributed by atoms with Crippen LogP contribution >= 0.6 is 0 Å². The van der Waals surface area contributed by atoms with Crippen LogP contribution in [0.25, 0.3) is 0 Å². The van der Waals surface area contributed by atoms with E-state index in [9.17, 15) is 4.79 Å². The van der Waals surface area contributed by atoms with Gasteiger partial charge in [-0.1, -0.05) is 0 Å². The van der Waals surface area contributed by atoms with Crippen LogP contribution in [0.5, 0.6) is 0 Å². The van der Waals surface area contributed by atoms with Crippen molar-refractivity contribution in [2.24, 2.45) is 5.73 Å². The fourth-order valence-electron chi connectivity index (χ4n) is 0.722. The number of carbonyl (C=O) groups is 1. The van der Waals surface area contributed by atoms with E-state index >= 15 is 0 Å². The van der Waals surface area contributed by atoms with E-state index in [1.54, 1.807) is 0 Å². The van der Waals surface area contributed by atoms with Gasteiger partial charge in [0.05, 0.1) is 6.42 Å². The van der Waals surface area contributed by atoms with E-state index in [0.717, 1.165) is 12.8 Å². The number of hydrogen-bond donors (Lipinski definition) is 1. The molecule has 1 rings (SSSR count). The zero-order valence-corrected chi connectivity index (χ0v) is 6.22. The van der Waals surface area contributed by atoms with Crippen LogP contribution in [0.4, 0.5) is 0 Å². The van der Waals surface area contributed by atoms with Crippen LogP contribution < -0.4 is 5.73 Å². The van der Waals surface area contributed by atoms with E-state index in [1.807, 2.05) is 6.92 Å². The Morgan fingerprint density at radius 1 is 1.70 bits per heavy atom. The van der Waals surface area contributed by atoms with E-state index in [2.05, 4.69) is 0 Å². The maximum Gasteiger partial charge on any atom is 0.307 e. The molecule has 3 nitrogen and oxygen atoms in total. The molecule has 1 aliphatic carbocycles. The predicted molar refractivity (Wildman–Crippen MR) is 37.4 cm³/mol. The average molecular weight is 143 g/mol. The monoisotopic (exact) mass is 143 g/mol. The smallest absolute Gasteiger partial charge is 0.307 e. The fraction of sp³-hybridized carbons (Fsp3) is 0.857. The van der Waals surface area contributed by atoms with Gasteiger partial charge in [0.15, 0.2) is 0 Å². The molecule has 1 aliphatic rings. The molecule has 58 valence electrons.